The number of ether oxygens (including phenoxy) is 1. The van der Waals surface area contributed by atoms with Crippen molar-refractivity contribution in [2.45, 2.75) is 60.0 Å². The molecule has 0 aliphatic carbocycles. The summed E-state index contributed by atoms with van der Waals surface area (Å²) in [6.45, 7) is 12.3. The van der Waals surface area contributed by atoms with Crippen LogP contribution >= 0.6 is 11.6 Å². The SMILES string of the molecule is COc1cc(C(C)C)cnc1-n1cnc(C)c1.Cc1ncn(-c2ccc(C(C)C)cc2CO)c1Cl. The second-order valence-corrected chi connectivity index (χ2v) is 9.42. The molecule has 0 saturated heterocycles. The monoisotopic (exact) mass is 495 g/mol. The van der Waals surface area contributed by atoms with E-state index in [-0.39, 0.29) is 6.61 Å². The molecule has 186 valence electrons. The van der Waals surface area contributed by atoms with E-state index in [1.165, 1.54) is 11.1 Å². The summed E-state index contributed by atoms with van der Waals surface area (Å²) in [5.74, 6) is 2.42. The molecule has 0 spiro atoms. The zero-order valence-corrected chi connectivity index (χ0v) is 22.2. The zero-order valence-electron chi connectivity index (χ0n) is 21.5. The lowest BCUT2D eigenvalue weighted by molar-refractivity contribution is 0.281. The molecule has 0 atom stereocenters. The number of nitrogens with zero attached hydrogens (tertiary/aromatic N) is 5. The van der Waals surface area contributed by atoms with Crippen LogP contribution in [0, 0.1) is 13.8 Å². The Morgan fingerprint density at radius 1 is 0.971 bits per heavy atom. The molecule has 4 rings (SSSR count). The van der Waals surface area contributed by atoms with E-state index in [0.717, 1.165) is 34.2 Å². The van der Waals surface area contributed by atoms with Crippen LogP contribution in [0.4, 0.5) is 0 Å². The Bertz CT molecular complexity index is 1280. The van der Waals surface area contributed by atoms with Gasteiger partial charge in [0.15, 0.2) is 11.6 Å². The molecular weight excluding hydrogens is 462 g/mol. The predicted octanol–water partition coefficient (Wildman–Crippen LogP) is 6.16. The van der Waals surface area contributed by atoms with E-state index in [0.29, 0.717) is 17.0 Å². The van der Waals surface area contributed by atoms with Crippen LogP contribution in [-0.4, -0.2) is 36.3 Å². The van der Waals surface area contributed by atoms with Crippen LogP contribution in [0.2, 0.25) is 5.15 Å². The number of methoxy groups -OCH3 is 1. The Labute approximate surface area is 212 Å². The van der Waals surface area contributed by atoms with Crippen LogP contribution in [0.1, 0.15) is 67.6 Å². The lowest BCUT2D eigenvalue weighted by atomic mass is 10.00. The van der Waals surface area contributed by atoms with Crippen LogP contribution < -0.4 is 4.74 Å². The maximum atomic E-state index is 9.51. The first-order valence-corrected chi connectivity index (χ1v) is 12.0. The highest BCUT2D eigenvalue weighted by atomic mass is 35.5. The van der Waals surface area contributed by atoms with E-state index in [1.54, 1.807) is 24.3 Å². The van der Waals surface area contributed by atoms with Gasteiger partial charge in [-0.25, -0.2) is 15.0 Å². The van der Waals surface area contributed by atoms with Gasteiger partial charge in [-0.1, -0.05) is 51.4 Å². The molecule has 0 aliphatic heterocycles. The predicted molar refractivity (Wildman–Crippen MR) is 140 cm³/mol. The van der Waals surface area contributed by atoms with E-state index in [4.69, 9.17) is 16.3 Å². The third kappa shape index (κ3) is 6.10. The van der Waals surface area contributed by atoms with Crippen molar-refractivity contribution in [3.63, 3.8) is 0 Å². The number of aliphatic hydroxyl groups is 1. The highest BCUT2D eigenvalue weighted by Gasteiger charge is 2.12. The number of pyridine rings is 1. The van der Waals surface area contributed by atoms with Gasteiger partial charge in [0.05, 0.1) is 30.8 Å². The van der Waals surface area contributed by atoms with Crippen LogP contribution in [-0.2, 0) is 6.61 Å². The van der Waals surface area contributed by atoms with Gasteiger partial charge in [-0.3, -0.25) is 9.13 Å². The van der Waals surface area contributed by atoms with Gasteiger partial charge in [-0.2, -0.15) is 0 Å². The van der Waals surface area contributed by atoms with E-state index >= 15 is 0 Å². The molecule has 0 aliphatic rings. The van der Waals surface area contributed by atoms with Crippen LogP contribution in [0.15, 0.2) is 49.3 Å². The summed E-state index contributed by atoms with van der Waals surface area (Å²) in [5, 5.41) is 10.1. The number of aromatic nitrogens is 5. The Kier molecular flexibility index (Phi) is 8.70. The standard InChI is InChI=1S/C14H17ClN2O.C13H17N3O/c1-9(2)11-4-5-13(12(6-11)7-18)17-8-16-10(3)14(17)15;1-9(2)11-5-12(17-4)13(14-6-11)16-7-10(3)15-8-16/h4-6,8-9,18H,7H2,1-3H3;5-9H,1-4H3. The minimum absolute atomic E-state index is 0.0105. The molecule has 1 aromatic carbocycles. The van der Waals surface area contributed by atoms with Crippen molar-refractivity contribution in [3.05, 3.63) is 82.5 Å². The molecule has 0 amide bonds. The van der Waals surface area contributed by atoms with Crippen molar-refractivity contribution in [1.82, 2.24) is 24.1 Å². The lowest BCUT2D eigenvalue weighted by Crippen LogP contribution is -2.01. The Balaban J connectivity index is 0.000000196. The average Bonchev–Trinajstić information content (AvgIpc) is 3.43. The first kappa shape index (κ1) is 26.4. The number of halogens is 1. The molecular formula is C27H34ClN5O2. The Morgan fingerprint density at radius 2 is 1.69 bits per heavy atom. The maximum Gasteiger partial charge on any atom is 0.180 e. The number of rotatable bonds is 6. The van der Waals surface area contributed by atoms with E-state index in [2.05, 4.69) is 48.7 Å². The van der Waals surface area contributed by atoms with Gasteiger partial charge >= 0.3 is 0 Å². The zero-order chi connectivity index (χ0) is 25.7. The summed E-state index contributed by atoms with van der Waals surface area (Å²) in [6.07, 6.45) is 7.24. The van der Waals surface area contributed by atoms with Crippen molar-refractivity contribution < 1.29 is 9.84 Å². The molecule has 0 fully saturated rings. The summed E-state index contributed by atoms with van der Waals surface area (Å²) in [6, 6.07) is 8.09. The van der Waals surface area contributed by atoms with Crippen LogP contribution in [0.3, 0.4) is 0 Å². The Hall–Kier alpha value is -3.16. The van der Waals surface area contributed by atoms with Crippen LogP contribution in [0.5, 0.6) is 5.75 Å². The summed E-state index contributed by atoms with van der Waals surface area (Å²) in [7, 11) is 1.66. The minimum atomic E-state index is -0.0105. The number of hydrogen-bond donors (Lipinski definition) is 1. The fraction of sp³-hybridized carbons (Fsp3) is 0.370. The van der Waals surface area contributed by atoms with Crippen molar-refractivity contribution in [2.75, 3.05) is 7.11 Å². The molecule has 8 heteroatoms. The summed E-state index contributed by atoms with van der Waals surface area (Å²) in [4.78, 5) is 12.8. The molecule has 0 unspecified atom stereocenters. The molecule has 0 saturated carbocycles. The minimum Gasteiger partial charge on any atom is -0.493 e. The molecule has 4 aromatic rings. The highest BCUT2D eigenvalue weighted by Crippen LogP contribution is 2.26. The van der Waals surface area contributed by atoms with Crippen LogP contribution in [0.25, 0.3) is 11.5 Å². The van der Waals surface area contributed by atoms with Crippen molar-refractivity contribution >= 4 is 11.6 Å². The number of aryl methyl sites for hydroxylation is 2. The Morgan fingerprint density at radius 3 is 2.20 bits per heavy atom. The van der Waals surface area contributed by atoms with Crippen molar-refractivity contribution in [3.8, 4) is 17.3 Å². The van der Waals surface area contributed by atoms with Crippen molar-refractivity contribution in [1.29, 1.82) is 0 Å². The topological polar surface area (TPSA) is 78.0 Å². The van der Waals surface area contributed by atoms with Gasteiger partial charge in [0.2, 0.25) is 0 Å². The molecule has 7 nitrogen and oxygen atoms in total. The third-order valence-corrected chi connectivity index (χ3v) is 6.23. The largest absolute Gasteiger partial charge is 0.493 e. The molecule has 3 aromatic heterocycles. The average molecular weight is 496 g/mol. The maximum absolute atomic E-state index is 9.51. The second-order valence-electron chi connectivity index (χ2n) is 9.06. The van der Waals surface area contributed by atoms with Gasteiger partial charge in [-0.05, 0) is 48.9 Å². The first-order chi connectivity index (χ1) is 16.7. The smallest absolute Gasteiger partial charge is 0.180 e. The number of imidazole rings is 2. The van der Waals surface area contributed by atoms with Gasteiger partial charge in [0.1, 0.15) is 17.8 Å². The summed E-state index contributed by atoms with van der Waals surface area (Å²) < 4.78 is 9.06. The van der Waals surface area contributed by atoms with E-state index in [9.17, 15) is 5.11 Å². The van der Waals surface area contributed by atoms with Gasteiger partial charge in [-0.15, -0.1) is 0 Å². The molecule has 1 N–H and O–H groups in total. The second kappa shape index (κ2) is 11.5. The molecule has 0 bridgehead atoms. The number of hydrogen-bond acceptors (Lipinski definition) is 5. The van der Waals surface area contributed by atoms with Gasteiger partial charge < -0.3 is 9.84 Å². The quantitative estimate of drug-likeness (QED) is 0.346. The molecule has 3 heterocycles. The fourth-order valence-electron chi connectivity index (χ4n) is 3.57. The first-order valence-electron chi connectivity index (χ1n) is 11.6. The third-order valence-electron chi connectivity index (χ3n) is 5.77. The summed E-state index contributed by atoms with van der Waals surface area (Å²) >= 11 is 6.19. The fourth-order valence-corrected chi connectivity index (χ4v) is 3.75. The highest BCUT2D eigenvalue weighted by molar-refractivity contribution is 6.30. The van der Waals surface area contributed by atoms with Gasteiger partial charge in [0, 0.05) is 18.0 Å². The number of aliphatic hydroxyl groups excluding tert-OH is 1. The van der Waals surface area contributed by atoms with Crippen molar-refractivity contribution in [2.24, 2.45) is 0 Å². The lowest BCUT2D eigenvalue weighted by Gasteiger charge is -2.13. The van der Waals surface area contributed by atoms with E-state index in [1.807, 2.05) is 49.0 Å². The molecule has 0 radical (unpaired) electrons. The molecule has 35 heavy (non-hydrogen) atoms. The normalized spacial score (nSPS) is 11.1. The summed E-state index contributed by atoms with van der Waals surface area (Å²) in [5.41, 5.74) is 5.86. The van der Waals surface area contributed by atoms with Gasteiger partial charge in [0.25, 0.3) is 0 Å². The number of benzene rings is 1. The van der Waals surface area contributed by atoms with E-state index < -0.39 is 0 Å².